The van der Waals surface area contributed by atoms with Crippen LogP contribution in [0.2, 0.25) is 5.02 Å². The van der Waals surface area contributed by atoms with Gasteiger partial charge in [0.15, 0.2) is 5.58 Å². The molecule has 0 aromatic carbocycles. The van der Waals surface area contributed by atoms with Crippen molar-refractivity contribution in [2.24, 2.45) is 5.92 Å². The summed E-state index contributed by atoms with van der Waals surface area (Å²) in [6.07, 6.45) is 7.22. The number of aromatic nitrogens is 2. The van der Waals surface area contributed by atoms with Crippen molar-refractivity contribution in [3.8, 4) is 0 Å². The van der Waals surface area contributed by atoms with E-state index in [1.54, 1.807) is 12.1 Å². The van der Waals surface area contributed by atoms with Gasteiger partial charge in [0.2, 0.25) is 11.7 Å². The lowest BCUT2D eigenvalue weighted by Gasteiger charge is -2.38. The zero-order valence-electron chi connectivity index (χ0n) is 21.8. The molecule has 206 valence electrons. The van der Waals surface area contributed by atoms with Crippen molar-refractivity contribution in [3.63, 3.8) is 0 Å². The maximum atomic E-state index is 13.5. The first-order chi connectivity index (χ1) is 19.0. The average molecular weight is 553 g/mol. The molecule has 0 unspecified atom stereocenters. The number of nitrogens with one attached hydrogen (secondary N) is 2. The van der Waals surface area contributed by atoms with E-state index in [2.05, 4.69) is 25.4 Å². The van der Waals surface area contributed by atoms with Crippen molar-refractivity contribution in [2.45, 2.75) is 44.6 Å². The second-order valence-corrected chi connectivity index (χ2v) is 10.9. The van der Waals surface area contributed by atoms with E-state index in [0.29, 0.717) is 33.7 Å². The number of carbonyl (C=O) groups is 2. The van der Waals surface area contributed by atoms with Gasteiger partial charge in [0.05, 0.1) is 18.2 Å². The lowest BCUT2D eigenvalue weighted by Crippen LogP contribution is -2.45. The average Bonchev–Trinajstić information content (AvgIpc) is 3.63. The molecular weight excluding hydrogens is 520 g/mol. The van der Waals surface area contributed by atoms with Crippen LogP contribution in [0.15, 0.2) is 34.9 Å². The van der Waals surface area contributed by atoms with Crippen molar-refractivity contribution in [2.75, 3.05) is 54.9 Å². The molecule has 6 rings (SSSR count). The van der Waals surface area contributed by atoms with Crippen LogP contribution in [0.3, 0.4) is 0 Å². The first kappa shape index (κ1) is 26.0. The lowest BCUT2D eigenvalue weighted by atomic mass is 9.84. The van der Waals surface area contributed by atoms with Crippen LogP contribution in [0.25, 0.3) is 11.1 Å². The second-order valence-electron chi connectivity index (χ2n) is 10.5. The normalized spacial score (nSPS) is 22.2. The number of amides is 2. The smallest absolute Gasteiger partial charge is 0.294 e. The Balaban J connectivity index is 1.24. The van der Waals surface area contributed by atoms with Crippen molar-refractivity contribution in [1.82, 2.24) is 14.9 Å². The maximum Gasteiger partial charge on any atom is 0.294 e. The third-order valence-corrected chi connectivity index (χ3v) is 8.23. The molecule has 11 heteroatoms. The molecule has 1 aliphatic carbocycles. The maximum absolute atomic E-state index is 13.5. The Morgan fingerprint density at radius 1 is 0.949 bits per heavy atom. The number of morpholine rings is 1. The molecule has 10 nitrogen and oxygen atoms in total. The molecule has 3 fully saturated rings. The van der Waals surface area contributed by atoms with E-state index in [0.717, 1.165) is 83.7 Å². The zero-order valence-corrected chi connectivity index (χ0v) is 22.6. The van der Waals surface area contributed by atoms with E-state index in [1.165, 1.54) is 6.20 Å². The van der Waals surface area contributed by atoms with E-state index in [4.69, 9.17) is 25.7 Å². The van der Waals surface area contributed by atoms with Crippen LogP contribution < -0.4 is 15.5 Å². The number of nitrogens with zero attached hydrogens (tertiary/aromatic N) is 4. The van der Waals surface area contributed by atoms with Gasteiger partial charge in [-0.25, -0.2) is 9.97 Å². The SMILES string of the molecule is O=C(Nc1ccc(Cl)cn1)c1oc2ccc(N3CCCC3)nc2c1NC(=O)[C@H]1CC[C@H](N2CCOCC2)CC1. The number of rotatable bonds is 6. The van der Waals surface area contributed by atoms with Crippen molar-refractivity contribution in [1.29, 1.82) is 0 Å². The van der Waals surface area contributed by atoms with Gasteiger partial charge in [-0.1, -0.05) is 11.6 Å². The molecule has 5 heterocycles. The highest BCUT2D eigenvalue weighted by molar-refractivity contribution is 6.30. The number of halogens is 1. The Labute approximate surface area is 232 Å². The summed E-state index contributed by atoms with van der Waals surface area (Å²) >= 11 is 5.94. The van der Waals surface area contributed by atoms with E-state index < -0.39 is 5.91 Å². The summed E-state index contributed by atoms with van der Waals surface area (Å²) in [5, 5.41) is 6.25. The number of carbonyl (C=O) groups excluding carboxylic acids is 2. The molecule has 2 saturated heterocycles. The highest BCUT2D eigenvalue weighted by atomic mass is 35.5. The third kappa shape index (κ3) is 5.73. The summed E-state index contributed by atoms with van der Waals surface area (Å²) in [5.41, 5.74) is 1.22. The molecule has 39 heavy (non-hydrogen) atoms. The van der Waals surface area contributed by atoms with Crippen LogP contribution in [0.1, 0.15) is 49.1 Å². The van der Waals surface area contributed by atoms with Crippen LogP contribution in [0, 0.1) is 5.92 Å². The van der Waals surface area contributed by atoms with Gasteiger partial charge in [0, 0.05) is 44.3 Å². The molecule has 0 radical (unpaired) electrons. The van der Waals surface area contributed by atoms with Crippen LogP contribution in [-0.4, -0.2) is 72.1 Å². The number of ether oxygens (including phenoxy) is 1. The summed E-state index contributed by atoms with van der Waals surface area (Å²) in [5.74, 6) is 0.385. The molecule has 2 aliphatic heterocycles. The standard InChI is InChI=1S/C28H33ClN6O4/c29-19-5-9-22(30-17-19)31-28(37)26-25(24-21(39-26)8-10-23(32-24)35-11-1-2-12-35)33-27(36)18-3-6-20(7-4-18)34-13-15-38-16-14-34/h5,8-10,17-18,20H,1-4,6-7,11-16H2,(H,33,36)(H,30,31,37)/t18-,20-. The minimum atomic E-state index is -0.517. The van der Waals surface area contributed by atoms with Gasteiger partial charge in [-0.2, -0.15) is 0 Å². The number of anilines is 3. The van der Waals surface area contributed by atoms with Gasteiger partial charge in [0.1, 0.15) is 22.8 Å². The van der Waals surface area contributed by atoms with Gasteiger partial charge < -0.3 is 24.7 Å². The molecule has 3 aromatic rings. The van der Waals surface area contributed by atoms with E-state index in [9.17, 15) is 9.59 Å². The minimum absolute atomic E-state index is 0.00294. The Bertz CT molecular complexity index is 1330. The fourth-order valence-corrected chi connectivity index (χ4v) is 5.97. The Morgan fingerprint density at radius 3 is 2.44 bits per heavy atom. The Kier molecular flexibility index (Phi) is 7.67. The van der Waals surface area contributed by atoms with Crippen molar-refractivity contribution < 1.29 is 18.7 Å². The Morgan fingerprint density at radius 2 is 1.72 bits per heavy atom. The largest absolute Gasteiger partial charge is 0.447 e. The monoisotopic (exact) mass is 552 g/mol. The van der Waals surface area contributed by atoms with Gasteiger partial charge >= 0.3 is 0 Å². The predicted molar refractivity (Wildman–Crippen MR) is 149 cm³/mol. The summed E-state index contributed by atoms with van der Waals surface area (Å²) in [6.45, 7) is 5.32. The molecule has 0 bridgehead atoms. The van der Waals surface area contributed by atoms with Crippen LogP contribution in [-0.2, 0) is 9.53 Å². The summed E-state index contributed by atoms with van der Waals surface area (Å²) < 4.78 is 11.5. The van der Waals surface area contributed by atoms with Gasteiger partial charge in [0.25, 0.3) is 5.91 Å². The number of furan rings is 1. The van der Waals surface area contributed by atoms with Gasteiger partial charge in [-0.15, -0.1) is 0 Å². The van der Waals surface area contributed by atoms with Gasteiger partial charge in [-0.3, -0.25) is 14.5 Å². The van der Waals surface area contributed by atoms with Crippen molar-refractivity contribution in [3.05, 3.63) is 41.2 Å². The lowest BCUT2D eigenvalue weighted by molar-refractivity contribution is -0.121. The fourth-order valence-electron chi connectivity index (χ4n) is 5.86. The Hall–Kier alpha value is -3.21. The molecular formula is C28H33ClN6O4. The molecule has 0 atom stereocenters. The first-order valence-electron chi connectivity index (χ1n) is 13.8. The quantitative estimate of drug-likeness (QED) is 0.458. The third-order valence-electron chi connectivity index (χ3n) is 8.00. The topological polar surface area (TPSA) is 113 Å². The van der Waals surface area contributed by atoms with Crippen LogP contribution in [0.5, 0.6) is 0 Å². The highest BCUT2D eigenvalue weighted by Gasteiger charge is 2.32. The number of pyridine rings is 2. The van der Waals surface area contributed by atoms with Crippen molar-refractivity contribution >= 4 is 51.8 Å². The van der Waals surface area contributed by atoms with Crippen LogP contribution in [0.4, 0.5) is 17.3 Å². The first-order valence-corrected chi connectivity index (χ1v) is 14.2. The number of fused-ring (bicyclic) bond motifs is 1. The summed E-state index contributed by atoms with van der Waals surface area (Å²) in [7, 11) is 0. The predicted octanol–water partition coefficient (Wildman–Crippen LogP) is 4.56. The van der Waals surface area contributed by atoms with E-state index >= 15 is 0 Å². The molecule has 2 amide bonds. The molecule has 3 aliphatic rings. The second kappa shape index (κ2) is 11.5. The van der Waals surface area contributed by atoms with Gasteiger partial charge in [-0.05, 0) is 62.8 Å². The summed E-state index contributed by atoms with van der Waals surface area (Å²) in [4.78, 5) is 40.5. The molecule has 0 spiro atoms. The zero-order chi connectivity index (χ0) is 26.8. The minimum Gasteiger partial charge on any atom is -0.447 e. The molecule has 1 saturated carbocycles. The molecule has 3 aromatic heterocycles. The highest BCUT2D eigenvalue weighted by Crippen LogP contribution is 2.35. The number of hydrogen-bond acceptors (Lipinski definition) is 8. The van der Waals surface area contributed by atoms with Crippen LogP contribution >= 0.6 is 11.6 Å². The van der Waals surface area contributed by atoms with E-state index in [-0.39, 0.29) is 17.6 Å². The summed E-state index contributed by atoms with van der Waals surface area (Å²) in [6, 6.07) is 7.46. The fraction of sp³-hybridized carbons (Fsp3) is 0.500. The number of hydrogen-bond donors (Lipinski definition) is 2. The van der Waals surface area contributed by atoms with E-state index in [1.807, 2.05) is 12.1 Å². The molecule has 2 N–H and O–H groups in total.